The first-order valence-corrected chi connectivity index (χ1v) is 6.88. The van der Waals surface area contributed by atoms with Crippen molar-refractivity contribution in [3.63, 3.8) is 0 Å². The van der Waals surface area contributed by atoms with Gasteiger partial charge in [-0.2, -0.15) is 0 Å². The third-order valence-corrected chi connectivity index (χ3v) is 3.22. The van der Waals surface area contributed by atoms with Gasteiger partial charge in [-0.05, 0) is 31.0 Å². The average Bonchev–Trinajstić information content (AvgIpc) is 2.47. The van der Waals surface area contributed by atoms with Gasteiger partial charge in [0.05, 0.1) is 6.04 Å². The fourth-order valence-corrected chi connectivity index (χ4v) is 2.07. The predicted octanol–water partition coefficient (Wildman–Crippen LogP) is 4.27. The molecule has 3 heteroatoms. The molecule has 2 amide bonds. The van der Waals surface area contributed by atoms with Crippen molar-refractivity contribution in [2.24, 2.45) is 0 Å². The minimum atomic E-state index is -0.177. The van der Waals surface area contributed by atoms with Gasteiger partial charge in [0.2, 0.25) is 0 Å². The number of para-hydroxylation sites is 1. The summed E-state index contributed by atoms with van der Waals surface area (Å²) in [7, 11) is 0. The fourth-order valence-electron chi connectivity index (χ4n) is 2.07. The fraction of sp³-hybridized carbons (Fsp3) is 0.235. The van der Waals surface area contributed by atoms with Crippen LogP contribution in [0.1, 0.15) is 30.5 Å². The molecule has 2 N–H and O–H groups in total. The van der Waals surface area contributed by atoms with Crippen LogP contribution in [0.5, 0.6) is 0 Å². The number of carbonyl (C=O) groups is 1. The van der Waals surface area contributed by atoms with E-state index in [1.165, 1.54) is 5.56 Å². The summed E-state index contributed by atoms with van der Waals surface area (Å²) in [5.74, 6) is 0. The van der Waals surface area contributed by atoms with E-state index in [1.807, 2.05) is 30.3 Å². The Labute approximate surface area is 120 Å². The van der Waals surface area contributed by atoms with Crippen LogP contribution in [0.4, 0.5) is 10.5 Å². The maximum Gasteiger partial charge on any atom is 0.319 e. The Bertz CT molecular complexity index is 549. The van der Waals surface area contributed by atoms with E-state index in [2.05, 4.69) is 48.7 Å². The molecule has 0 saturated carbocycles. The van der Waals surface area contributed by atoms with E-state index in [9.17, 15) is 4.79 Å². The van der Waals surface area contributed by atoms with Crippen molar-refractivity contribution in [2.45, 2.75) is 26.3 Å². The van der Waals surface area contributed by atoms with E-state index in [1.54, 1.807) is 0 Å². The van der Waals surface area contributed by atoms with Crippen molar-refractivity contribution in [1.82, 2.24) is 5.32 Å². The van der Waals surface area contributed by atoms with Crippen LogP contribution in [-0.2, 0) is 0 Å². The van der Waals surface area contributed by atoms with Crippen LogP contribution < -0.4 is 10.6 Å². The first kappa shape index (κ1) is 14.1. The van der Waals surface area contributed by atoms with Crippen LogP contribution in [0.15, 0.2) is 54.6 Å². The van der Waals surface area contributed by atoms with Gasteiger partial charge in [0.1, 0.15) is 0 Å². The Balaban J connectivity index is 1.99. The van der Waals surface area contributed by atoms with Crippen LogP contribution in [0.2, 0.25) is 0 Å². The maximum atomic E-state index is 12.0. The van der Waals surface area contributed by atoms with Crippen molar-refractivity contribution in [2.75, 3.05) is 5.32 Å². The molecule has 0 unspecified atom stereocenters. The number of amides is 2. The number of benzene rings is 2. The van der Waals surface area contributed by atoms with Gasteiger partial charge in [-0.25, -0.2) is 4.79 Å². The van der Waals surface area contributed by atoms with Crippen molar-refractivity contribution in [3.05, 3.63) is 65.7 Å². The Morgan fingerprint density at radius 3 is 2.30 bits per heavy atom. The summed E-state index contributed by atoms with van der Waals surface area (Å²) in [5, 5.41) is 5.84. The smallest absolute Gasteiger partial charge is 0.319 e. The van der Waals surface area contributed by atoms with Gasteiger partial charge in [0.25, 0.3) is 0 Å². The SMILES string of the molecule is CC[C@H](NC(=O)Nc1ccccc1)c1ccc(C)cc1. The quantitative estimate of drug-likeness (QED) is 0.854. The molecule has 0 radical (unpaired) electrons. The zero-order chi connectivity index (χ0) is 14.4. The van der Waals surface area contributed by atoms with Crippen LogP contribution >= 0.6 is 0 Å². The van der Waals surface area contributed by atoms with E-state index in [0.29, 0.717) is 0 Å². The number of urea groups is 1. The van der Waals surface area contributed by atoms with Crippen LogP contribution in [0, 0.1) is 6.92 Å². The second-order valence-electron chi connectivity index (χ2n) is 4.84. The Kier molecular flexibility index (Phi) is 4.77. The molecule has 0 spiro atoms. The molecule has 2 aromatic carbocycles. The monoisotopic (exact) mass is 268 g/mol. The number of hydrogen-bond donors (Lipinski definition) is 2. The molecule has 20 heavy (non-hydrogen) atoms. The number of anilines is 1. The molecular weight excluding hydrogens is 248 g/mol. The van der Waals surface area contributed by atoms with Crippen LogP contribution in [0.25, 0.3) is 0 Å². The molecule has 104 valence electrons. The van der Waals surface area contributed by atoms with E-state index < -0.39 is 0 Å². The van der Waals surface area contributed by atoms with Gasteiger partial charge in [-0.15, -0.1) is 0 Å². The lowest BCUT2D eigenvalue weighted by atomic mass is 10.0. The molecule has 0 aliphatic heterocycles. The molecular formula is C17H20N2O. The van der Waals surface area contributed by atoms with Crippen molar-refractivity contribution in [1.29, 1.82) is 0 Å². The normalized spacial score (nSPS) is 11.7. The van der Waals surface area contributed by atoms with E-state index in [-0.39, 0.29) is 12.1 Å². The second-order valence-corrected chi connectivity index (χ2v) is 4.84. The molecule has 1 atom stereocenters. The Morgan fingerprint density at radius 2 is 1.70 bits per heavy atom. The number of rotatable bonds is 4. The summed E-state index contributed by atoms with van der Waals surface area (Å²) < 4.78 is 0. The Morgan fingerprint density at radius 1 is 1.05 bits per heavy atom. The minimum Gasteiger partial charge on any atom is -0.331 e. The number of carbonyl (C=O) groups excluding carboxylic acids is 1. The number of hydrogen-bond acceptors (Lipinski definition) is 1. The van der Waals surface area contributed by atoms with Gasteiger partial charge in [-0.3, -0.25) is 0 Å². The van der Waals surface area contributed by atoms with Crippen LogP contribution in [0.3, 0.4) is 0 Å². The first-order chi connectivity index (χ1) is 9.69. The minimum absolute atomic E-state index is 0.0271. The predicted molar refractivity (Wildman–Crippen MR) is 82.8 cm³/mol. The lowest BCUT2D eigenvalue weighted by molar-refractivity contribution is 0.248. The van der Waals surface area contributed by atoms with Gasteiger partial charge < -0.3 is 10.6 Å². The van der Waals surface area contributed by atoms with Gasteiger partial charge >= 0.3 is 6.03 Å². The molecule has 0 aromatic heterocycles. The molecule has 2 rings (SSSR count). The summed E-state index contributed by atoms with van der Waals surface area (Å²) in [6, 6.07) is 17.5. The molecule has 3 nitrogen and oxygen atoms in total. The average molecular weight is 268 g/mol. The summed E-state index contributed by atoms with van der Waals surface area (Å²) in [6.07, 6.45) is 0.852. The van der Waals surface area contributed by atoms with Gasteiger partial charge in [0, 0.05) is 5.69 Å². The first-order valence-electron chi connectivity index (χ1n) is 6.88. The van der Waals surface area contributed by atoms with Crippen molar-refractivity contribution < 1.29 is 4.79 Å². The molecule has 0 aliphatic carbocycles. The highest BCUT2D eigenvalue weighted by atomic mass is 16.2. The summed E-state index contributed by atoms with van der Waals surface area (Å²) in [5.41, 5.74) is 3.14. The highest BCUT2D eigenvalue weighted by Gasteiger charge is 2.12. The topological polar surface area (TPSA) is 41.1 Å². The van der Waals surface area contributed by atoms with Gasteiger partial charge in [-0.1, -0.05) is 55.0 Å². The van der Waals surface area contributed by atoms with Crippen molar-refractivity contribution in [3.8, 4) is 0 Å². The summed E-state index contributed by atoms with van der Waals surface area (Å²) >= 11 is 0. The molecule has 0 fully saturated rings. The molecule has 0 bridgehead atoms. The lowest BCUT2D eigenvalue weighted by Crippen LogP contribution is -2.32. The third-order valence-electron chi connectivity index (χ3n) is 3.22. The third kappa shape index (κ3) is 3.85. The number of aryl methyl sites for hydroxylation is 1. The highest BCUT2D eigenvalue weighted by molar-refractivity contribution is 5.89. The molecule has 0 aliphatic rings. The standard InChI is InChI=1S/C17H20N2O/c1-3-16(14-11-9-13(2)10-12-14)19-17(20)18-15-7-5-4-6-8-15/h4-12,16H,3H2,1-2H3,(H2,18,19,20)/t16-/m0/s1. The lowest BCUT2D eigenvalue weighted by Gasteiger charge is -2.18. The molecule has 0 saturated heterocycles. The highest BCUT2D eigenvalue weighted by Crippen LogP contribution is 2.17. The molecule has 0 heterocycles. The van der Waals surface area contributed by atoms with E-state index in [4.69, 9.17) is 0 Å². The Hall–Kier alpha value is -2.29. The zero-order valence-electron chi connectivity index (χ0n) is 11.9. The van der Waals surface area contributed by atoms with Gasteiger partial charge in [0.15, 0.2) is 0 Å². The van der Waals surface area contributed by atoms with Crippen molar-refractivity contribution >= 4 is 11.7 Å². The summed E-state index contributed by atoms with van der Waals surface area (Å²) in [6.45, 7) is 4.12. The summed E-state index contributed by atoms with van der Waals surface area (Å²) in [4.78, 5) is 12.0. The largest absolute Gasteiger partial charge is 0.331 e. The zero-order valence-corrected chi connectivity index (χ0v) is 11.9. The second kappa shape index (κ2) is 6.75. The maximum absolute atomic E-state index is 12.0. The van der Waals surface area contributed by atoms with Crippen LogP contribution in [-0.4, -0.2) is 6.03 Å². The number of nitrogens with one attached hydrogen (secondary N) is 2. The van der Waals surface area contributed by atoms with E-state index >= 15 is 0 Å². The molecule has 2 aromatic rings. The van der Waals surface area contributed by atoms with E-state index in [0.717, 1.165) is 17.7 Å².